The van der Waals surface area contributed by atoms with Crippen molar-refractivity contribution in [1.29, 1.82) is 0 Å². The van der Waals surface area contributed by atoms with E-state index in [4.69, 9.17) is 9.47 Å². The van der Waals surface area contributed by atoms with E-state index < -0.39 is 12.0 Å². The number of piperazine rings is 1. The molecule has 0 bridgehead atoms. The molecule has 0 radical (unpaired) electrons. The summed E-state index contributed by atoms with van der Waals surface area (Å²) in [5.41, 5.74) is 1.48. The number of hydrogen-bond acceptors (Lipinski definition) is 5. The standard InChI is InChI=1S/C24H26N2O5/c1-2-15-30-20-10-8-19(9-11-20)24(29)26-14-13-25-23(28)21(26)17-22(27)31-16-12-18-6-4-3-5-7-18/h2-11,21H,1,12-17H2,(H,25,28). The molecule has 2 amide bonds. The van der Waals surface area contributed by atoms with Gasteiger partial charge in [0.25, 0.3) is 5.91 Å². The summed E-state index contributed by atoms with van der Waals surface area (Å²) in [7, 11) is 0. The number of carbonyl (C=O) groups is 3. The van der Waals surface area contributed by atoms with Crippen LogP contribution in [0, 0.1) is 0 Å². The van der Waals surface area contributed by atoms with Gasteiger partial charge >= 0.3 is 5.97 Å². The molecule has 1 heterocycles. The molecule has 3 rings (SSSR count). The van der Waals surface area contributed by atoms with Gasteiger partial charge in [-0.25, -0.2) is 0 Å². The van der Waals surface area contributed by atoms with Crippen molar-refractivity contribution in [2.45, 2.75) is 18.9 Å². The third-order valence-corrected chi connectivity index (χ3v) is 4.92. The molecule has 0 saturated carbocycles. The van der Waals surface area contributed by atoms with E-state index in [2.05, 4.69) is 11.9 Å². The first kappa shape index (κ1) is 22.1. The molecule has 1 N–H and O–H groups in total. The van der Waals surface area contributed by atoms with Crippen LogP contribution < -0.4 is 10.1 Å². The van der Waals surface area contributed by atoms with E-state index >= 15 is 0 Å². The zero-order chi connectivity index (χ0) is 22.1. The van der Waals surface area contributed by atoms with Gasteiger partial charge in [-0.1, -0.05) is 43.0 Å². The predicted octanol–water partition coefficient (Wildman–Crippen LogP) is 2.37. The second-order valence-electron chi connectivity index (χ2n) is 7.09. The molecule has 31 heavy (non-hydrogen) atoms. The highest BCUT2D eigenvalue weighted by atomic mass is 16.5. The van der Waals surface area contributed by atoms with Crippen molar-refractivity contribution >= 4 is 17.8 Å². The molecule has 1 aliphatic heterocycles. The predicted molar refractivity (Wildman–Crippen MR) is 116 cm³/mol. The summed E-state index contributed by atoms with van der Waals surface area (Å²) >= 11 is 0. The summed E-state index contributed by atoms with van der Waals surface area (Å²) in [5.74, 6) is -0.562. The van der Waals surface area contributed by atoms with Crippen molar-refractivity contribution in [2.75, 3.05) is 26.3 Å². The van der Waals surface area contributed by atoms with Gasteiger partial charge in [-0.05, 0) is 29.8 Å². The van der Waals surface area contributed by atoms with E-state index in [1.807, 2.05) is 30.3 Å². The van der Waals surface area contributed by atoms with Crippen LogP contribution in [0.25, 0.3) is 0 Å². The maximum Gasteiger partial charge on any atom is 0.308 e. The van der Waals surface area contributed by atoms with Crippen LogP contribution in [0.15, 0.2) is 67.3 Å². The Morgan fingerprint density at radius 3 is 2.58 bits per heavy atom. The molecule has 1 aliphatic rings. The van der Waals surface area contributed by atoms with E-state index in [-0.39, 0.29) is 24.8 Å². The van der Waals surface area contributed by atoms with Crippen LogP contribution in [-0.2, 0) is 20.7 Å². The minimum absolute atomic E-state index is 0.188. The summed E-state index contributed by atoms with van der Waals surface area (Å²) < 4.78 is 10.7. The quantitative estimate of drug-likeness (QED) is 0.495. The first-order valence-corrected chi connectivity index (χ1v) is 10.2. The van der Waals surface area contributed by atoms with Crippen molar-refractivity contribution < 1.29 is 23.9 Å². The Morgan fingerprint density at radius 2 is 1.87 bits per heavy atom. The second kappa shape index (κ2) is 11.0. The van der Waals surface area contributed by atoms with Gasteiger partial charge in [0.2, 0.25) is 5.91 Å². The number of nitrogens with zero attached hydrogens (tertiary/aromatic N) is 1. The number of ether oxygens (including phenoxy) is 2. The zero-order valence-electron chi connectivity index (χ0n) is 17.3. The first-order chi connectivity index (χ1) is 15.1. The fourth-order valence-corrected chi connectivity index (χ4v) is 3.32. The SMILES string of the molecule is C=CCOc1ccc(C(=O)N2CCNC(=O)C2CC(=O)OCCc2ccccc2)cc1. The van der Waals surface area contributed by atoms with Crippen molar-refractivity contribution in [3.8, 4) is 5.75 Å². The number of nitrogens with one attached hydrogen (secondary N) is 1. The minimum atomic E-state index is -0.901. The van der Waals surface area contributed by atoms with Gasteiger partial charge in [0.15, 0.2) is 0 Å². The van der Waals surface area contributed by atoms with Crippen LogP contribution in [0.2, 0.25) is 0 Å². The Morgan fingerprint density at radius 1 is 1.13 bits per heavy atom. The van der Waals surface area contributed by atoms with Crippen molar-refractivity contribution in [3.63, 3.8) is 0 Å². The number of esters is 1. The summed E-state index contributed by atoms with van der Waals surface area (Å²) in [4.78, 5) is 39.2. The van der Waals surface area contributed by atoms with Crippen molar-refractivity contribution in [3.05, 3.63) is 78.4 Å². The monoisotopic (exact) mass is 422 g/mol. The van der Waals surface area contributed by atoms with Crippen LogP contribution in [0.5, 0.6) is 5.75 Å². The van der Waals surface area contributed by atoms with Crippen molar-refractivity contribution in [1.82, 2.24) is 10.2 Å². The molecule has 1 atom stereocenters. The normalized spacial score (nSPS) is 15.7. The summed E-state index contributed by atoms with van der Waals surface area (Å²) in [6.07, 6.45) is 2.04. The minimum Gasteiger partial charge on any atom is -0.490 e. The van der Waals surface area contributed by atoms with E-state index in [9.17, 15) is 14.4 Å². The highest BCUT2D eigenvalue weighted by molar-refractivity contribution is 5.99. The van der Waals surface area contributed by atoms with Crippen LogP contribution in [0.1, 0.15) is 22.3 Å². The molecule has 2 aromatic rings. The molecule has 7 nitrogen and oxygen atoms in total. The molecule has 7 heteroatoms. The second-order valence-corrected chi connectivity index (χ2v) is 7.09. The highest BCUT2D eigenvalue weighted by Gasteiger charge is 2.35. The molecule has 0 aliphatic carbocycles. The van der Waals surface area contributed by atoms with Gasteiger partial charge < -0.3 is 19.7 Å². The summed E-state index contributed by atoms with van der Waals surface area (Å²) in [6, 6.07) is 15.4. The van der Waals surface area contributed by atoms with Crippen LogP contribution in [0.4, 0.5) is 0 Å². The molecule has 162 valence electrons. The Labute approximate surface area is 181 Å². The molecule has 0 spiro atoms. The molecular formula is C24H26N2O5. The lowest BCUT2D eigenvalue weighted by molar-refractivity contribution is -0.147. The van der Waals surface area contributed by atoms with Gasteiger partial charge in [0, 0.05) is 25.1 Å². The van der Waals surface area contributed by atoms with E-state index in [0.717, 1.165) is 5.56 Å². The fourth-order valence-electron chi connectivity index (χ4n) is 3.32. The fraction of sp³-hybridized carbons (Fsp3) is 0.292. The number of benzene rings is 2. The van der Waals surface area contributed by atoms with Gasteiger partial charge in [-0.15, -0.1) is 0 Å². The Bertz CT molecular complexity index is 911. The zero-order valence-corrected chi connectivity index (χ0v) is 17.3. The van der Waals surface area contributed by atoms with Crippen molar-refractivity contribution in [2.24, 2.45) is 0 Å². The number of hydrogen-bond donors (Lipinski definition) is 1. The summed E-state index contributed by atoms with van der Waals surface area (Å²) in [6.45, 7) is 4.84. The molecule has 1 saturated heterocycles. The van der Waals surface area contributed by atoms with Gasteiger partial charge in [-0.3, -0.25) is 14.4 Å². The molecule has 2 aromatic carbocycles. The molecule has 1 unspecified atom stereocenters. The first-order valence-electron chi connectivity index (χ1n) is 10.2. The lowest BCUT2D eigenvalue weighted by atomic mass is 10.1. The number of rotatable bonds is 9. The van der Waals surface area contributed by atoms with Gasteiger partial charge in [0.1, 0.15) is 18.4 Å². The molecule has 0 aromatic heterocycles. The largest absolute Gasteiger partial charge is 0.490 e. The van der Waals surface area contributed by atoms with E-state index in [1.54, 1.807) is 30.3 Å². The third-order valence-electron chi connectivity index (χ3n) is 4.92. The number of amides is 2. The van der Waals surface area contributed by atoms with Crippen LogP contribution in [0.3, 0.4) is 0 Å². The lowest BCUT2D eigenvalue weighted by Gasteiger charge is -2.34. The Kier molecular flexibility index (Phi) is 7.81. The molecular weight excluding hydrogens is 396 g/mol. The Balaban J connectivity index is 1.59. The smallest absolute Gasteiger partial charge is 0.308 e. The van der Waals surface area contributed by atoms with Crippen LogP contribution in [-0.4, -0.2) is 55.0 Å². The topological polar surface area (TPSA) is 84.9 Å². The van der Waals surface area contributed by atoms with Gasteiger partial charge in [-0.2, -0.15) is 0 Å². The average Bonchev–Trinajstić information content (AvgIpc) is 2.79. The maximum atomic E-state index is 13.0. The van der Waals surface area contributed by atoms with E-state index in [1.165, 1.54) is 4.90 Å². The average molecular weight is 422 g/mol. The lowest BCUT2D eigenvalue weighted by Crippen LogP contribution is -2.57. The summed E-state index contributed by atoms with van der Waals surface area (Å²) in [5, 5.41) is 2.72. The highest BCUT2D eigenvalue weighted by Crippen LogP contribution is 2.18. The Hall–Kier alpha value is -3.61. The number of carbonyl (C=O) groups excluding carboxylic acids is 3. The third kappa shape index (κ3) is 6.18. The molecule has 1 fully saturated rings. The van der Waals surface area contributed by atoms with Crippen LogP contribution >= 0.6 is 0 Å². The maximum absolute atomic E-state index is 13.0. The van der Waals surface area contributed by atoms with Gasteiger partial charge in [0.05, 0.1) is 13.0 Å². The van der Waals surface area contributed by atoms with E-state index in [0.29, 0.717) is 37.4 Å².